The van der Waals surface area contributed by atoms with Crippen molar-refractivity contribution in [2.45, 2.75) is 25.6 Å². The molecule has 0 radical (unpaired) electrons. The number of aryl methyl sites for hydroxylation is 1. The Morgan fingerprint density at radius 1 is 1.15 bits per heavy atom. The van der Waals surface area contributed by atoms with E-state index < -0.39 is 17.8 Å². The summed E-state index contributed by atoms with van der Waals surface area (Å²) >= 11 is 7.74. The van der Waals surface area contributed by atoms with Gasteiger partial charge >= 0.3 is 6.18 Å². The molecule has 1 aliphatic heterocycles. The smallest absolute Gasteiger partial charge is 0.417 e. The summed E-state index contributed by atoms with van der Waals surface area (Å²) in [7, 11) is 1.56. The molecule has 0 spiro atoms. The maximum atomic E-state index is 13.8. The number of halogens is 5. The Kier molecular flexibility index (Phi) is 7.00. The summed E-state index contributed by atoms with van der Waals surface area (Å²) in [5, 5.41) is 3.77. The molecule has 0 bridgehead atoms. The number of nitrogens with one attached hydrogen (secondary N) is 1. The van der Waals surface area contributed by atoms with Crippen LogP contribution in [0.15, 0.2) is 54.6 Å². The summed E-state index contributed by atoms with van der Waals surface area (Å²) in [6, 6.07) is 14.1. The van der Waals surface area contributed by atoms with E-state index in [4.69, 9.17) is 16.3 Å². The summed E-state index contributed by atoms with van der Waals surface area (Å²) in [6.07, 6.45) is -4.02. The molecule has 34 heavy (non-hydrogen) atoms. The Morgan fingerprint density at radius 3 is 2.50 bits per heavy atom. The van der Waals surface area contributed by atoms with Crippen molar-refractivity contribution in [1.82, 2.24) is 0 Å². The number of carbonyl (C=O) groups is 1. The van der Waals surface area contributed by atoms with Crippen LogP contribution in [0.1, 0.15) is 28.3 Å². The number of amides is 1. The second kappa shape index (κ2) is 9.65. The highest BCUT2D eigenvalue weighted by Gasteiger charge is 2.37. The predicted molar refractivity (Wildman–Crippen MR) is 136 cm³/mol. The number of nitrogens with zero attached hydrogens (tertiary/aromatic N) is 1. The van der Waals surface area contributed by atoms with Crippen molar-refractivity contribution in [3.8, 4) is 5.75 Å². The van der Waals surface area contributed by atoms with Gasteiger partial charge in [0.2, 0.25) is 0 Å². The van der Waals surface area contributed by atoms with Crippen molar-refractivity contribution >= 4 is 51.5 Å². The fourth-order valence-electron chi connectivity index (χ4n) is 4.07. The zero-order valence-electron chi connectivity index (χ0n) is 18.3. The van der Waals surface area contributed by atoms with Crippen LogP contribution in [0.4, 0.5) is 24.5 Å². The Hall–Kier alpha value is -2.46. The van der Waals surface area contributed by atoms with E-state index in [0.29, 0.717) is 40.7 Å². The highest BCUT2D eigenvalue weighted by molar-refractivity contribution is 14.1. The average Bonchev–Trinajstić information content (AvgIpc) is 3.18. The zero-order chi connectivity index (χ0) is 24.6. The number of anilines is 2. The minimum atomic E-state index is -4.51. The van der Waals surface area contributed by atoms with Crippen LogP contribution in [0.2, 0.25) is 5.02 Å². The van der Waals surface area contributed by atoms with Crippen molar-refractivity contribution in [1.29, 1.82) is 0 Å². The van der Waals surface area contributed by atoms with Crippen LogP contribution < -0.4 is 15.0 Å². The van der Waals surface area contributed by atoms with Gasteiger partial charge in [0.05, 0.1) is 12.7 Å². The monoisotopic (exact) mass is 600 g/mol. The normalized spacial score (nSPS) is 14.0. The lowest BCUT2D eigenvalue weighted by molar-refractivity contribution is -0.138. The van der Waals surface area contributed by atoms with E-state index in [2.05, 4.69) is 5.32 Å². The maximum Gasteiger partial charge on any atom is 0.417 e. The lowest BCUT2D eigenvalue weighted by atomic mass is 10.0. The van der Waals surface area contributed by atoms with Gasteiger partial charge in [-0.1, -0.05) is 23.7 Å². The van der Waals surface area contributed by atoms with Crippen molar-refractivity contribution in [3.05, 3.63) is 85.4 Å². The summed E-state index contributed by atoms with van der Waals surface area (Å²) < 4.78 is 46.1. The molecular formula is C25H21ClF3IN2O2. The largest absolute Gasteiger partial charge is 0.497 e. The average molecular weight is 601 g/mol. The summed E-state index contributed by atoms with van der Waals surface area (Å²) in [5.41, 5.74) is 2.50. The van der Waals surface area contributed by atoms with Gasteiger partial charge in [-0.25, -0.2) is 0 Å². The highest BCUT2D eigenvalue weighted by Crippen LogP contribution is 2.40. The first-order valence-corrected chi connectivity index (χ1v) is 11.9. The van der Waals surface area contributed by atoms with Gasteiger partial charge in [0.15, 0.2) is 0 Å². The Bertz CT molecular complexity index is 1230. The third kappa shape index (κ3) is 5.12. The zero-order valence-corrected chi connectivity index (χ0v) is 21.3. The fourth-order valence-corrected chi connectivity index (χ4v) is 5.03. The van der Waals surface area contributed by atoms with E-state index in [0.717, 1.165) is 17.2 Å². The van der Waals surface area contributed by atoms with Crippen LogP contribution in [0.25, 0.3) is 0 Å². The third-order valence-corrected chi connectivity index (χ3v) is 6.83. The van der Waals surface area contributed by atoms with Gasteiger partial charge in [-0.05, 0) is 89.0 Å². The van der Waals surface area contributed by atoms with Crippen molar-refractivity contribution in [3.63, 3.8) is 0 Å². The molecule has 0 aliphatic carbocycles. The quantitative estimate of drug-likeness (QED) is 0.320. The third-order valence-electron chi connectivity index (χ3n) is 5.68. The number of benzene rings is 3. The minimum absolute atomic E-state index is 0.123. The second-order valence-corrected chi connectivity index (χ2v) is 9.66. The lowest BCUT2D eigenvalue weighted by Crippen LogP contribution is -2.37. The van der Waals surface area contributed by atoms with E-state index >= 15 is 0 Å². The molecule has 3 aromatic carbocycles. The second-order valence-electron chi connectivity index (χ2n) is 8.07. The van der Waals surface area contributed by atoms with Crippen LogP contribution in [0, 0.1) is 10.5 Å². The molecule has 1 amide bonds. The highest BCUT2D eigenvalue weighted by atomic mass is 127. The number of carbonyl (C=O) groups excluding carboxylic acids is 1. The number of hydrogen-bond acceptors (Lipinski definition) is 3. The molecule has 178 valence electrons. The molecule has 1 unspecified atom stereocenters. The molecule has 1 N–H and O–H groups in total. The molecular weight excluding hydrogens is 580 g/mol. The first-order valence-electron chi connectivity index (χ1n) is 10.5. The number of hydrogen-bond donors (Lipinski definition) is 1. The first kappa shape index (κ1) is 24.7. The van der Waals surface area contributed by atoms with Gasteiger partial charge in [-0.3, -0.25) is 4.79 Å². The summed E-state index contributed by atoms with van der Waals surface area (Å²) in [5.74, 6) is 0.275. The molecule has 0 saturated carbocycles. The molecule has 0 aromatic heterocycles. The maximum absolute atomic E-state index is 13.8. The van der Waals surface area contributed by atoms with Gasteiger partial charge < -0.3 is 15.0 Å². The van der Waals surface area contributed by atoms with Crippen LogP contribution >= 0.6 is 34.2 Å². The van der Waals surface area contributed by atoms with E-state index in [-0.39, 0.29) is 9.48 Å². The molecule has 1 aliphatic rings. The van der Waals surface area contributed by atoms with Gasteiger partial charge in [0.1, 0.15) is 11.8 Å². The van der Waals surface area contributed by atoms with E-state index in [1.807, 2.05) is 19.1 Å². The van der Waals surface area contributed by atoms with Crippen LogP contribution in [0.5, 0.6) is 5.75 Å². The number of fused-ring (bicyclic) bond motifs is 1. The first-order chi connectivity index (χ1) is 16.1. The van der Waals surface area contributed by atoms with Gasteiger partial charge in [0, 0.05) is 32.6 Å². The van der Waals surface area contributed by atoms with E-state index in [1.165, 1.54) is 11.0 Å². The number of ether oxygens (including phenoxy) is 1. The summed E-state index contributed by atoms with van der Waals surface area (Å²) in [6.45, 7) is 2.21. The minimum Gasteiger partial charge on any atom is -0.497 e. The molecule has 4 rings (SSSR count). The van der Waals surface area contributed by atoms with E-state index in [1.54, 1.807) is 60.0 Å². The Balaban J connectivity index is 1.74. The van der Waals surface area contributed by atoms with Gasteiger partial charge in [-0.2, -0.15) is 13.2 Å². The molecule has 0 saturated heterocycles. The van der Waals surface area contributed by atoms with Gasteiger partial charge in [-0.15, -0.1) is 0 Å². The topological polar surface area (TPSA) is 41.6 Å². The molecule has 1 atom stereocenters. The Labute approximate surface area is 214 Å². The molecule has 1 heterocycles. The van der Waals surface area contributed by atoms with E-state index in [9.17, 15) is 18.0 Å². The Morgan fingerprint density at radius 2 is 1.85 bits per heavy atom. The predicted octanol–water partition coefficient (Wildman–Crippen LogP) is 7.02. The molecule has 3 aromatic rings. The number of rotatable bonds is 5. The molecule has 4 nitrogen and oxygen atoms in total. The van der Waals surface area contributed by atoms with Crippen LogP contribution in [0.3, 0.4) is 0 Å². The lowest BCUT2D eigenvalue weighted by Gasteiger charge is -2.27. The SMILES string of the molecule is COc1cc(C)cc(NC(C(=O)N2CCc3cc(I)c(C(F)(F)F)cc32)c2ccc(Cl)cc2)c1. The van der Waals surface area contributed by atoms with Crippen molar-refractivity contribution < 1.29 is 22.7 Å². The van der Waals surface area contributed by atoms with Crippen LogP contribution in [-0.2, 0) is 17.4 Å². The van der Waals surface area contributed by atoms with Gasteiger partial charge in [0.25, 0.3) is 5.91 Å². The molecule has 0 fully saturated rings. The number of methoxy groups -OCH3 is 1. The van der Waals surface area contributed by atoms with Crippen molar-refractivity contribution in [2.75, 3.05) is 23.9 Å². The summed E-state index contributed by atoms with van der Waals surface area (Å²) in [4.78, 5) is 15.2. The number of alkyl halides is 3. The standard InChI is InChI=1S/C25H21ClF3IN2O2/c1-14-9-18(12-19(10-14)34-2)31-23(15-3-5-17(26)6-4-15)24(33)32-8-7-16-11-21(30)20(13-22(16)32)25(27,28)29/h3-6,9-13,23,31H,7-8H2,1-2H3. The van der Waals surface area contributed by atoms with Crippen molar-refractivity contribution in [2.24, 2.45) is 0 Å². The van der Waals surface area contributed by atoms with Crippen LogP contribution in [-0.4, -0.2) is 19.6 Å². The molecule has 9 heteroatoms. The fraction of sp³-hybridized carbons (Fsp3) is 0.240.